The molecule has 1 saturated heterocycles. The number of hydrazine groups is 1. The highest BCUT2D eigenvalue weighted by Gasteiger charge is 2.29. The van der Waals surface area contributed by atoms with Crippen molar-refractivity contribution in [3.8, 4) is 11.5 Å². The standard InChI is InChI=1S/C23H26FN3O6S/c1-32-20-10-8-17(14-21(20)34(30,31)27-12-3-2-4-13-27)9-11-22(28)25-26-23(29)16-33-19-7-5-6-18(24)15-19/h5-11,14-15H,2-4,12-13,16H2,1H3,(H,25,28)(H,26,29). The Kier molecular flexibility index (Phi) is 8.61. The molecule has 0 radical (unpaired) electrons. The van der Waals surface area contributed by atoms with E-state index >= 15 is 0 Å². The summed E-state index contributed by atoms with van der Waals surface area (Å²) in [6.45, 7) is 0.483. The number of piperidine rings is 1. The molecule has 182 valence electrons. The van der Waals surface area contributed by atoms with Crippen LogP contribution < -0.4 is 20.3 Å². The molecule has 1 aliphatic rings. The topological polar surface area (TPSA) is 114 Å². The van der Waals surface area contributed by atoms with Crippen LogP contribution in [0.2, 0.25) is 0 Å². The molecule has 2 aromatic rings. The van der Waals surface area contributed by atoms with Gasteiger partial charge in [0.05, 0.1) is 7.11 Å². The summed E-state index contributed by atoms with van der Waals surface area (Å²) in [6.07, 6.45) is 5.17. The van der Waals surface area contributed by atoms with Crippen molar-refractivity contribution >= 4 is 27.9 Å². The summed E-state index contributed by atoms with van der Waals surface area (Å²) in [5, 5.41) is 0. The smallest absolute Gasteiger partial charge is 0.276 e. The monoisotopic (exact) mass is 491 g/mol. The molecule has 1 fully saturated rings. The average Bonchev–Trinajstić information content (AvgIpc) is 2.85. The molecule has 11 heteroatoms. The van der Waals surface area contributed by atoms with Crippen molar-refractivity contribution in [2.45, 2.75) is 24.2 Å². The number of rotatable bonds is 8. The second-order valence-corrected chi connectivity index (χ2v) is 9.40. The number of nitrogens with zero attached hydrogens (tertiary/aromatic N) is 1. The van der Waals surface area contributed by atoms with Crippen molar-refractivity contribution in [2.24, 2.45) is 0 Å². The first-order valence-electron chi connectivity index (χ1n) is 10.6. The largest absolute Gasteiger partial charge is 0.495 e. The molecule has 1 aliphatic heterocycles. The predicted octanol–water partition coefficient (Wildman–Crippen LogP) is 2.25. The molecule has 0 unspecified atom stereocenters. The van der Waals surface area contributed by atoms with E-state index in [1.54, 1.807) is 6.07 Å². The predicted molar refractivity (Wildman–Crippen MR) is 123 cm³/mol. The van der Waals surface area contributed by atoms with Crippen LogP contribution in [0.25, 0.3) is 6.08 Å². The van der Waals surface area contributed by atoms with E-state index in [9.17, 15) is 22.4 Å². The number of methoxy groups -OCH3 is 1. The van der Waals surface area contributed by atoms with Crippen LogP contribution in [0.3, 0.4) is 0 Å². The van der Waals surface area contributed by atoms with Gasteiger partial charge in [0, 0.05) is 25.2 Å². The molecule has 34 heavy (non-hydrogen) atoms. The fraction of sp³-hybridized carbons (Fsp3) is 0.304. The Morgan fingerprint density at radius 3 is 2.56 bits per heavy atom. The third-order valence-electron chi connectivity index (χ3n) is 5.04. The molecule has 2 N–H and O–H groups in total. The van der Waals surface area contributed by atoms with Gasteiger partial charge in [0.2, 0.25) is 10.0 Å². The lowest BCUT2D eigenvalue weighted by atomic mass is 10.2. The number of ether oxygens (including phenoxy) is 2. The lowest BCUT2D eigenvalue weighted by Gasteiger charge is -2.26. The molecule has 0 saturated carbocycles. The lowest BCUT2D eigenvalue weighted by molar-refractivity contribution is -0.128. The molecule has 0 bridgehead atoms. The molecule has 0 aromatic heterocycles. The molecular weight excluding hydrogens is 465 g/mol. The average molecular weight is 492 g/mol. The van der Waals surface area contributed by atoms with E-state index < -0.39 is 34.3 Å². The van der Waals surface area contributed by atoms with Gasteiger partial charge in [0.25, 0.3) is 11.8 Å². The van der Waals surface area contributed by atoms with Crippen molar-refractivity contribution in [1.29, 1.82) is 0 Å². The summed E-state index contributed by atoms with van der Waals surface area (Å²) >= 11 is 0. The molecule has 0 aliphatic carbocycles. The quantitative estimate of drug-likeness (QED) is 0.433. The van der Waals surface area contributed by atoms with Crippen LogP contribution in [-0.2, 0) is 19.6 Å². The maximum atomic E-state index is 13.1. The van der Waals surface area contributed by atoms with Crippen LogP contribution in [0, 0.1) is 5.82 Å². The number of hydrogen-bond acceptors (Lipinski definition) is 6. The lowest BCUT2D eigenvalue weighted by Crippen LogP contribution is -2.43. The summed E-state index contributed by atoms with van der Waals surface area (Å²) in [5.41, 5.74) is 4.82. The maximum Gasteiger partial charge on any atom is 0.276 e. The fourth-order valence-corrected chi connectivity index (χ4v) is 5.04. The minimum atomic E-state index is -3.74. The molecular formula is C23H26FN3O6S. The van der Waals surface area contributed by atoms with Crippen LogP contribution in [-0.4, -0.2) is 51.3 Å². The van der Waals surface area contributed by atoms with Crippen LogP contribution in [0.4, 0.5) is 4.39 Å². The van der Waals surface area contributed by atoms with Gasteiger partial charge in [-0.05, 0) is 48.7 Å². The summed E-state index contributed by atoms with van der Waals surface area (Å²) in [7, 11) is -2.34. The molecule has 2 amide bonds. The number of carbonyl (C=O) groups excluding carboxylic acids is 2. The Balaban J connectivity index is 1.58. The Labute approximate surface area is 197 Å². The summed E-state index contributed by atoms with van der Waals surface area (Å²) < 4.78 is 51.1. The first kappa shape index (κ1) is 25.2. The van der Waals surface area contributed by atoms with E-state index in [2.05, 4.69) is 10.9 Å². The summed E-state index contributed by atoms with van der Waals surface area (Å²) in [5.74, 6) is -1.39. The van der Waals surface area contributed by atoms with Gasteiger partial charge in [-0.15, -0.1) is 0 Å². The Morgan fingerprint density at radius 1 is 1.09 bits per heavy atom. The Morgan fingerprint density at radius 2 is 1.85 bits per heavy atom. The fourth-order valence-electron chi connectivity index (χ4n) is 3.33. The maximum absolute atomic E-state index is 13.1. The van der Waals surface area contributed by atoms with E-state index in [1.807, 2.05) is 0 Å². The van der Waals surface area contributed by atoms with E-state index in [-0.39, 0.29) is 16.4 Å². The van der Waals surface area contributed by atoms with Crippen LogP contribution in [0.1, 0.15) is 24.8 Å². The van der Waals surface area contributed by atoms with Gasteiger partial charge in [-0.25, -0.2) is 12.8 Å². The van der Waals surface area contributed by atoms with Crippen LogP contribution in [0.5, 0.6) is 11.5 Å². The van der Waals surface area contributed by atoms with Crippen molar-refractivity contribution in [3.63, 3.8) is 0 Å². The van der Waals surface area contributed by atoms with Gasteiger partial charge in [-0.3, -0.25) is 20.4 Å². The molecule has 1 heterocycles. The highest BCUT2D eigenvalue weighted by Crippen LogP contribution is 2.30. The van der Waals surface area contributed by atoms with Crippen LogP contribution >= 0.6 is 0 Å². The van der Waals surface area contributed by atoms with Gasteiger partial charge in [0.15, 0.2) is 6.61 Å². The number of hydrogen-bond donors (Lipinski definition) is 2. The number of halogens is 1. The molecule has 0 atom stereocenters. The van der Waals surface area contributed by atoms with E-state index in [0.717, 1.165) is 31.4 Å². The minimum absolute atomic E-state index is 0.0299. The van der Waals surface area contributed by atoms with Gasteiger partial charge < -0.3 is 9.47 Å². The Hall–Kier alpha value is -3.44. The highest BCUT2D eigenvalue weighted by atomic mass is 32.2. The van der Waals surface area contributed by atoms with Gasteiger partial charge in [-0.1, -0.05) is 18.6 Å². The zero-order valence-corrected chi connectivity index (χ0v) is 19.4. The SMILES string of the molecule is COc1ccc(C=CC(=O)NNC(=O)COc2cccc(F)c2)cc1S(=O)(=O)N1CCCCC1. The molecule has 0 spiro atoms. The van der Waals surface area contributed by atoms with E-state index in [4.69, 9.17) is 9.47 Å². The van der Waals surface area contributed by atoms with E-state index in [1.165, 1.54) is 47.8 Å². The van der Waals surface area contributed by atoms with Crippen molar-refractivity contribution in [1.82, 2.24) is 15.2 Å². The minimum Gasteiger partial charge on any atom is -0.495 e. The van der Waals surface area contributed by atoms with Crippen molar-refractivity contribution in [2.75, 3.05) is 26.8 Å². The van der Waals surface area contributed by atoms with Crippen molar-refractivity contribution < 1.29 is 31.9 Å². The highest BCUT2D eigenvalue weighted by molar-refractivity contribution is 7.89. The number of carbonyl (C=O) groups is 2. The third kappa shape index (κ3) is 6.78. The van der Waals surface area contributed by atoms with Gasteiger partial charge >= 0.3 is 0 Å². The second-order valence-electron chi connectivity index (χ2n) is 7.49. The normalized spacial score (nSPS) is 14.5. The number of amides is 2. The number of benzene rings is 2. The molecule has 2 aromatic carbocycles. The zero-order chi connectivity index (χ0) is 24.6. The van der Waals surface area contributed by atoms with Gasteiger partial charge in [-0.2, -0.15) is 4.31 Å². The first-order chi connectivity index (χ1) is 16.3. The van der Waals surface area contributed by atoms with Crippen molar-refractivity contribution in [3.05, 3.63) is 59.9 Å². The molecule has 9 nitrogen and oxygen atoms in total. The zero-order valence-electron chi connectivity index (χ0n) is 18.6. The second kappa shape index (κ2) is 11.6. The number of sulfonamides is 1. The first-order valence-corrected chi connectivity index (χ1v) is 12.1. The molecule has 3 rings (SSSR count). The Bertz CT molecular complexity index is 1160. The summed E-state index contributed by atoms with van der Waals surface area (Å²) in [4.78, 5) is 23.9. The van der Waals surface area contributed by atoms with Crippen LogP contribution in [0.15, 0.2) is 53.4 Å². The van der Waals surface area contributed by atoms with Gasteiger partial charge in [0.1, 0.15) is 22.2 Å². The number of nitrogens with one attached hydrogen (secondary N) is 2. The van der Waals surface area contributed by atoms with E-state index in [0.29, 0.717) is 18.7 Å². The third-order valence-corrected chi connectivity index (χ3v) is 6.96. The summed E-state index contributed by atoms with van der Waals surface area (Å²) in [6, 6.07) is 9.89.